The molecule has 0 aliphatic heterocycles. The van der Waals surface area contributed by atoms with Crippen molar-refractivity contribution in [1.29, 1.82) is 0 Å². The average molecular weight is 180 g/mol. The largest absolute Gasteiger partial charge is 0.392 e. The Labute approximate surface area is 76.6 Å². The maximum absolute atomic E-state index is 11.0. The van der Waals surface area contributed by atoms with Gasteiger partial charge in [0.05, 0.1) is 18.7 Å². The van der Waals surface area contributed by atoms with Gasteiger partial charge in [-0.2, -0.15) is 0 Å². The molecule has 0 radical (unpaired) electrons. The maximum atomic E-state index is 11.0. The van der Waals surface area contributed by atoms with E-state index in [2.05, 4.69) is 10.3 Å². The molecule has 0 saturated heterocycles. The molecule has 70 valence electrons. The molecule has 0 aliphatic rings. The molecule has 2 N–H and O–H groups in total. The molecule has 1 heterocycles. The van der Waals surface area contributed by atoms with Crippen LogP contribution in [0.4, 0.5) is 0 Å². The molecule has 0 aliphatic carbocycles. The fourth-order valence-corrected chi connectivity index (χ4v) is 0.976. The van der Waals surface area contributed by atoms with Crippen LogP contribution in [0.15, 0.2) is 18.3 Å². The van der Waals surface area contributed by atoms with Gasteiger partial charge >= 0.3 is 0 Å². The Morgan fingerprint density at radius 1 is 1.69 bits per heavy atom. The maximum Gasteiger partial charge on any atom is 0.225 e. The number of likely N-dealkylation sites (N-methyl/N-ethyl adjacent to an activating group) is 1. The smallest absolute Gasteiger partial charge is 0.225 e. The lowest BCUT2D eigenvalue weighted by atomic mass is 10.2. The first-order valence-electron chi connectivity index (χ1n) is 4.01. The molecule has 1 aromatic heterocycles. The van der Waals surface area contributed by atoms with Crippen LogP contribution >= 0.6 is 0 Å². The highest BCUT2D eigenvalue weighted by molar-refractivity contribution is 5.77. The Bertz CT molecular complexity index is 299. The minimum absolute atomic E-state index is 0.0245. The Morgan fingerprint density at radius 2 is 2.46 bits per heavy atom. The number of rotatable bonds is 3. The van der Waals surface area contributed by atoms with E-state index in [9.17, 15) is 4.79 Å². The molecule has 0 aromatic carbocycles. The lowest BCUT2D eigenvalue weighted by Crippen LogP contribution is -2.20. The van der Waals surface area contributed by atoms with Crippen LogP contribution < -0.4 is 5.32 Å². The molecule has 4 heteroatoms. The van der Waals surface area contributed by atoms with Crippen molar-refractivity contribution < 1.29 is 9.90 Å². The lowest BCUT2D eigenvalue weighted by molar-refractivity contribution is -0.120. The highest BCUT2D eigenvalue weighted by atomic mass is 16.3. The summed E-state index contributed by atoms with van der Waals surface area (Å²) in [6.45, 7) is -0.0245. The second kappa shape index (κ2) is 4.57. The van der Waals surface area contributed by atoms with Crippen LogP contribution in [0.2, 0.25) is 0 Å². The molecule has 13 heavy (non-hydrogen) atoms. The van der Waals surface area contributed by atoms with Crippen molar-refractivity contribution in [3.8, 4) is 0 Å². The number of nitrogens with zero attached hydrogens (tertiary/aromatic N) is 1. The topological polar surface area (TPSA) is 62.2 Å². The van der Waals surface area contributed by atoms with Gasteiger partial charge in [0.15, 0.2) is 0 Å². The number of aliphatic hydroxyl groups is 1. The molecule has 1 rings (SSSR count). The van der Waals surface area contributed by atoms with Gasteiger partial charge in [0.1, 0.15) is 0 Å². The summed E-state index contributed by atoms with van der Waals surface area (Å²) < 4.78 is 0. The predicted molar refractivity (Wildman–Crippen MR) is 47.9 cm³/mol. The first-order chi connectivity index (χ1) is 6.26. The number of aromatic nitrogens is 1. The summed E-state index contributed by atoms with van der Waals surface area (Å²) in [6, 6.07) is 3.43. The number of carbonyl (C=O) groups is 1. The zero-order valence-electron chi connectivity index (χ0n) is 7.45. The van der Waals surface area contributed by atoms with Gasteiger partial charge in [-0.3, -0.25) is 9.78 Å². The fourth-order valence-electron chi connectivity index (χ4n) is 0.976. The van der Waals surface area contributed by atoms with Crippen LogP contribution in [0.1, 0.15) is 11.3 Å². The normalized spacial score (nSPS) is 9.69. The van der Waals surface area contributed by atoms with E-state index in [1.165, 1.54) is 0 Å². The van der Waals surface area contributed by atoms with Gasteiger partial charge in [-0.25, -0.2) is 0 Å². The highest BCUT2D eigenvalue weighted by Crippen LogP contribution is 2.02. The van der Waals surface area contributed by atoms with Crippen LogP contribution in [0.3, 0.4) is 0 Å². The summed E-state index contributed by atoms with van der Waals surface area (Å²) >= 11 is 0. The van der Waals surface area contributed by atoms with E-state index in [-0.39, 0.29) is 18.9 Å². The van der Waals surface area contributed by atoms with E-state index in [4.69, 9.17) is 5.11 Å². The molecule has 0 spiro atoms. The predicted octanol–water partition coefficient (Wildman–Crippen LogP) is -0.138. The number of nitrogens with one attached hydrogen (secondary N) is 1. The second-order valence-corrected chi connectivity index (χ2v) is 2.66. The first kappa shape index (κ1) is 9.67. The van der Waals surface area contributed by atoms with Gasteiger partial charge in [-0.05, 0) is 17.7 Å². The van der Waals surface area contributed by atoms with Gasteiger partial charge < -0.3 is 10.4 Å². The van der Waals surface area contributed by atoms with Crippen molar-refractivity contribution in [3.63, 3.8) is 0 Å². The van der Waals surface area contributed by atoms with Crippen molar-refractivity contribution in [3.05, 3.63) is 29.6 Å². The molecule has 4 nitrogen and oxygen atoms in total. The van der Waals surface area contributed by atoms with Crippen molar-refractivity contribution in [1.82, 2.24) is 10.3 Å². The van der Waals surface area contributed by atoms with Gasteiger partial charge in [0.2, 0.25) is 5.91 Å². The summed E-state index contributed by atoms with van der Waals surface area (Å²) in [7, 11) is 1.58. The minimum atomic E-state index is -0.0809. The summed E-state index contributed by atoms with van der Waals surface area (Å²) in [5.41, 5.74) is 1.44. The highest BCUT2D eigenvalue weighted by Gasteiger charge is 2.02. The van der Waals surface area contributed by atoms with Gasteiger partial charge in [-0.15, -0.1) is 0 Å². The van der Waals surface area contributed by atoms with E-state index < -0.39 is 0 Å². The Balaban J connectivity index is 2.71. The van der Waals surface area contributed by atoms with Crippen LogP contribution in [0.5, 0.6) is 0 Å². The average Bonchev–Trinajstić information content (AvgIpc) is 2.18. The quantitative estimate of drug-likeness (QED) is 0.680. The number of hydrogen-bond donors (Lipinski definition) is 2. The Morgan fingerprint density at radius 3 is 3.08 bits per heavy atom. The van der Waals surface area contributed by atoms with Crippen LogP contribution in [0.25, 0.3) is 0 Å². The van der Waals surface area contributed by atoms with Crippen LogP contribution in [-0.2, 0) is 17.8 Å². The van der Waals surface area contributed by atoms with Crippen molar-refractivity contribution in [2.45, 2.75) is 13.0 Å². The monoisotopic (exact) mass is 180 g/mol. The summed E-state index contributed by atoms with van der Waals surface area (Å²) in [6.07, 6.45) is 1.84. The zero-order chi connectivity index (χ0) is 9.68. The number of hydrogen-bond acceptors (Lipinski definition) is 3. The SMILES string of the molecule is CNC(=O)Cc1cc(CO)ccn1. The van der Waals surface area contributed by atoms with Crippen molar-refractivity contribution in [2.75, 3.05) is 7.05 Å². The molecule has 1 amide bonds. The standard InChI is InChI=1S/C9H12N2O2/c1-10-9(13)5-8-4-7(6-12)2-3-11-8/h2-4,12H,5-6H2,1H3,(H,10,13). The third-order valence-electron chi connectivity index (χ3n) is 1.68. The Hall–Kier alpha value is -1.42. The van der Waals surface area contributed by atoms with Crippen LogP contribution in [-0.4, -0.2) is 23.0 Å². The zero-order valence-corrected chi connectivity index (χ0v) is 7.45. The number of aliphatic hydroxyl groups excluding tert-OH is 1. The first-order valence-corrected chi connectivity index (χ1v) is 4.01. The minimum Gasteiger partial charge on any atom is -0.392 e. The summed E-state index contributed by atoms with van der Waals surface area (Å²) in [5, 5.41) is 11.3. The van der Waals surface area contributed by atoms with E-state index in [0.29, 0.717) is 5.69 Å². The third-order valence-corrected chi connectivity index (χ3v) is 1.68. The molecule has 0 saturated carbocycles. The number of pyridine rings is 1. The Kier molecular flexibility index (Phi) is 3.40. The van der Waals surface area contributed by atoms with Crippen molar-refractivity contribution in [2.24, 2.45) is 0 Å². The lowest BCUT2D eigenvalue weighted by Gasteiger charge is -2.01. The van der Waals surface area contributed by atoms with Crippen LogP contribution in [0, 0.1) is 0 Å². The number of amides is 1. The number of carbonyl (C=O) groups excluding carboxylic acids is 1. The molecule has 1 aromatic rings. The molecular weight excluding hydrogens is 168 g/mol. The van der Waals surface area contributed by atoms with Crippen molar-refractivity contribution >= 4 is 5.91 Å². The van der Waals surface area contributed by atoms with Gasteiger partial charge in [0, 0.05) is 13.2 Å². The van der Waals surface area contributed by atoms with Gasteiger partial charge in [0.25, 0.3) is 0 Å². The fraction of sp³-hybridized carbons (Fsp3) is 0.333. The molecular formula is C9H12N2O2. The second-order valence-electron chi connectivity index (χ2n) is 2.66. The van der Waals surface area contributed by atoms with E-state index >= 15 is 0 Å². The summed E-state index contributed by atoms with van der Waals surface area (Å²) in [5.74, 6) is -0.0809. The summed E-state index contributed by atoms with van der Waals surface area (Å²) in [4.78, 5) is 15.0. The third kappa shape index (κ3) is 2.83. The van der Waals surface area contributed by atoms with Gasteiger partial charge in [-0.1, -0.05) is 0 Å². The molecule has 0 bridgehead atoms. The molecule has 0 atom stereocenters. The van der Waals surface area contributed by atoms with E-state index in [1.807, 2.05) is 0 Å². The molecule has 0 fully saturated rings. The molecule has 0 unspecified atom stereocenters. The van der Waals surface area contributed by atoms with E-state index in [1.54, 1.807) is 25.4 Å². The van der Waals surface area contributed by atoms with E-state index in [0.717, 1.165) is 5.56 Å².